The van der Waals surface area contributed by atoms with Crippen LogP contribution in [0.15, 0.2) is 0 Å². The second kappa shape index (κ2) is 5.63. The van der Waals surface area contributed by atoms with Gasteiger partial charge in [-0.05, 0) is 11.6 Å². The summed E-state index contributed by atoms with van der Waals surface area (Å²) in [5.74, 6) is -0.795. The number of hydrogen-bond acceptors (Lipinski definition) is 5. The van der Waals surface area contributed by atoms with Crippen LogP contribution in [0.3, 0.4) is 0 Å². The largest absolute Gasteiger partial charge is 0.481 e. The minimum Gasteiger partial charge on any atom is -0.481 e. The fraction of sp³-hybridized carbons (Fsp3) is 0.571. The van der Waals surface area contributed by atoms with Crippen LogP contribution in [-0.4, -0.2) is 43.9 Å². The second-order valence-corrected chi connectivity index (χ2v) is 2.98. The Morgan fingerprint density at radius 1 is 1.50 bits per heavy atom. The molecule has 0 bridgehead atoms. The summed E-state index contributed by atoms with van der Waals surface area (Å²) < 4.78 is 0. The van der Waals surface area contributed by atoms with Crippen LogP contribution in [0.2, 0.25) is 0 Å². The lowest BCUT2D eigenvalue weighted by Crippen LogP contribution is -2.30. The molecular weight excluding hydrogens is 216 g/mol. The second-order valence-electron chi connectivity index (χ2n) is 2.98. The predicted molar refractivity (Wildman–Crippen MR) is 52.7 cm³/mol. The van der Waals surface area contributed by atoms with Gasteiger partial charge in [0.2, 0.25) is 0 Å². The van der Waals surface area contributed by atoms with Crippen molar-refractivity contribution < 1.29 is 14.7 Å². The average Bonchev–Trinajstić information content (AvgIpc) is 2.58. The maximum atomic E-state index is 11.2. The number of hydrogen-bond donors (Lipinski definition) is 3. The maximum absolute atomic E-state index is 11.2. The molecular formula is C7H12N6O3. The van der Waals surface area contributed by atoms with Crippen LogP contribution in [-0.2, 0) is 11.8 Å². The number of carboxylic acids is 1. The fourth-order valence-electron chi connectivity index (χ4n) is 0.921. The summed E-state index contributed by atoms with van der Waals surface area (Å²) in [6, 6.07) is -0.488. The Morgan fingerprint density at radius 2 is 2.25 bits per heavy atom. The van der Waals surface area contributed by atoms with Gasteiger partial charge in [-0.25, -0.2) is 4.79 Å². The molecule has 2 amide bonds. The Morgan fingerprint density at radius 3 is 2.81 bits per heavy atom. The standard InChI is InChI=1S/C7H12N6O3/c1-13-11-6(10-12-13)9-7(16)8-4-2-3-5(14)15/h2-4H2,1H3,(H,14,15)(H2,8,9,11,16). The lowest BCUT2D eigenvalue weighted by molar-refractivity contribution is -0.137. The number of amides is 2. The zero-order valence-electron chi connectivity index (χ0n) is 8.67. The lowest BCUT2D eigenvalue weighted by atomic mass is 10.3. The van der Waals surface area contributed by atoms with Crippen LogP contribution in [0.25, 0.3) is 0 Å². The van der Waals surface area contributed by atoms with Crippen molar-refractivity contribution in [2.24, 2.45) is 7.05 Å². The normalized spacial score (nSPS) is 9.81. The van der Waals surface area contributed by atoms with E-state index in [2.05, 4.69) is 26.0 Å². The monoisotopic (exact) mass is 228 g/mol. The van der Waals surface area contributed by atoms with E-state index in [1.54, 1.807) is 7.05 Å². The highest BCUT2D eigenvalue weighted by Gasteiger charge is 2.05. The van der Waals surface area contributed by atoms with Crippen LogP contribution in [0.5, 0.6) is 0 Å². The van der Waals surface area contributed by atoms with Gasteiger partial charge in [0.1, 0.15) is 0 Å². The Hall–Kier alpha value is -2.19. The molecule has 0 saturated heterocycles. The first-order valence-electron chi connectivity index (χ1n) is 4.58. The van der Waals surface area contributed by atoms with Crippen molar-refractivity contribution in [3.63, 3.8) is 0 Å². The quantitative estimate of drug-likeness (QED) is 0.567. The molecule has 0 saturated carbocycles. The van der Waals surface area contributed by atoms with Gasteiger partial charge >= 0.3 is 12.0 Å². The zero-order valence-corrected chi connectivity index (χ0v) is 8.67. The average molecular weight is 228 g/mol. The predicted octanol–water partition coefficient (Wildman–Crippen LogP) is -0.804. The van der Waals surface area contributed by atoms with E-state index in [-0.39, 0.29) is 18.9 Å². The third-order valence-electron chi connectivity index (χ3n) is 1.59. The Kier molecular flexibility index (Phi) is 4.18. The molecule has 0 fully saturated rings. The highest BCUT2D eigenvalue weighted by atomic mass is 16.4. The molecule has 3 N–H and O–H groups in total. The van der Waals surface area contributed by atoms with E-state index in [9.17, 15) is 9.59 Å². The minimum absolute atomic E-state index is 0.0175. The van der Waals surface area contributed by atoms with Gasteiger partial charge in [-0.2, -0.15) is 4.80 Å². The number of carbonyl (C=O) groups excluding carboxylic acids is 1. The zero-order chi connectivity index (χ0) is 12.0. The molecule has 1 rings (SSSR count). The highest BCUT2D eigenvalue weighted by Crippen LogP contribution is 1.92. The van der Waals surface area contributed by atoms with Crippen LogP contribution in [0.4, 0.5) is 10.7 Å². The molecule has 1 aromatic heterocycles. The number of carbonyl (C=O) groups is 2. The summed E-state index contributed by atoms with van der Waals surface area (Å²) >= 11 is 0. The van der Waals surface area contributed by atoms with E-state index in [1.165, 1.54) is 4.80 Å². The van der Waals surface area contributed by atoms with E-state index < -0.39 is 12.0 Å². The van der Waals surface area contributed by atoms with E-state index in [4.69, 9.17) is 5.11 Å². The summed E-state index contributed by atoms with van der Waals surface area (Å²) in [4.78, 5) is 22.6. The molecule has 16 heavy (non-hydrogen) atoms. The van der Waals surface area contributed by atoms with Crippen molar-refractivity contribution in [1.82, 2.24) is 25.5 Å². The van der Waals surface area contributed by atoms with Gasteiger partial charge in [0.15, 0.2) is 0 Å². The van der Waals surface area contributed by atoms with Gasteiger partial charge in [-0.1, -0.05) is 5.10 Å². The summed E-state index contributed by atoms with van der Waals surface area (Å²) in [6.07, 6.45) is 0.389. The first kappa shape index (κ1) is 11.9. The Balaban J connectivity index is 2.18. The van der Waals surface area contributed by atoms with Crippen molar-refractivity contribution in [2.45, 2.75) is 12.8 Å². The van der Waals surface area contributed by atoms with Gasteiger partial charge in [-0.3, -0.25) is 10.1 Å². The molecule has 0 aliphatic rings. The first-order valence-corrected chi connectivity index (χ1v) is 4.58. The van der Waals surface area contributed by atoms with E-state index in [0.717, 1.165) is 0 Å². The number of tetrazole rings is 1. The number of urea groups is 1. The summed E-state index contributed by atoms with van der Waals surface area (Å²) in [5, 5.41) is 24.0. The molecule has 88 valence electrons. The van der Waals surface area contributed by atoms with E-state index in [1.807, 2.05) is 0 Å². The van der Waals surface area contributed by atoms with E-state index in [0.29, 0.717) is 6.42 Å². The summed E-state index contributed by atoms with van der Waals surface area (Å²) in [6.45, 7) is 0.276. The third-order valence-corrected chi connectivity index (χ3v) is 1.59. The maximum Gasteiger partial charge on any atom is 0.321 e. The molecule has 0 aliphatic heterocycles. The number of anilines is 1. The van der Waals surface area contributed by atoms with E-state index >= 15 is 0 Å². The third kappa shape index (κ3) is 4.35. The summed E-state index contributed by atoms with van der Waals surface area (Å²) in [5.41, 5.74) is 0. The highest BCUT2D eigenvalue weighted by molar-refractivity contribution is 5.87. The molecule has 0 aliphatic carbocycles. The number of aromatic nitrogens is 4. The first-order chi connectivity index (χ1) is 7.58. The van der Waals surface area contributed by atoms with Crippen molar-refractivity contribution in [3.05, 3.63) is 0 Å². The van der Waals surface area contributed by atoms with Gasteiger partial charge in [0, 0.05) is 13.0 Å². The van der Waals surface area contributed by atoms with Gasteiger partial charge in [-0.15, -0.1) is 5.10 Å². The van der Waals surface area contributed by atoms with Crippen LogP contribution < -0.4 is 10.6 Å². The fourth-order valence-corrected chi connectivity index (χ4v) is 0.921. The molecule has 9 heteroatoms. The SMILES string of the molecule is Cn1nnc(NC(=O)NCCCC(=O)O)n1. The van der Waals surface area contributed by atoms with Crippen molar-refractivity contribution >= 4 is 17.9 Å². The Bertz CT molecular complexity index is 376. The van der Waals surface area contributed by atoms with Crippen molar-refractivity contribution in [3.8, 4) is 0 Å². The van der Waals surface area contributed by atoms with Crippen molar-refractivity contribution in [1.29, 1.82) is 0 Å². The molecule has 9 nitrogen and oxygen atoms in total. The lowest BCUT2D eigenvalue weighted by Gasteiger charge is -2.02. The summed E-state index contributed by atoms with van der Waals surface area (Å²) in [7, 11) is 1.57. The smallest absolute Gasteiger partial charge is 0.321 e. The molecule has 1 aromatic rings. The van der Waals surface area contributed by atoms with Gasteiger partial charge in [0.25, 0.3) is 5.95 Å². The molecule has 0 atom stereocenters. The molecule has 0 unspecified atom stereocenters. The minimum atomic E-state index is -0.891. The molecule has 0 spiro atoms. The molecule has 0 radical (unpaired) electrons. The van der Waals surface area contributed by atoms with Crippen LogP contribution in [0.1, 0.15) is 12.8 Å². The van der Waals surface area contributed by atoms with Crippen molar-refractivity contribution in [2.75, 3.05) is 11.9 Å². The van der Waals surface area contributed by atoms with Gasteiger partial charge < -0.3 is 10.4 Å². The molecule has 0 aromatic carbocycles. The van der Waals surface area contributed by atoms with Crippen LogP contribution >= 0.6 is 0 Å². The number of nitrogens with one attached hydrogen (secondary N) is 2. The number of aliphatic carboxylic acids is 1. The number of aryl methyl sites for hydroxylation is 1. The number of rotatable bonds is 5. The molecule has 1 heterocycles. The number of nitrogens with zero attached hydrogens (tertiary/aromatic N) is 4. The number of carboxylic acid groups (broad SMARTS) is 1. The Labute approximate surface area is 90.8 Å². The topological polar surface area (TPSA) is 122 Å². The van der Waals surface area contributed by atoms with Gasteiger partial charge in [0.05, 0.1) is 7.05 Å². The van der Waals surface area contributed by atoms with Crippen LogP contribution in [0, 0.1) is 0 Å².